The molecule has 7 nitrogen and oxygen atoms in total. The summed E-state index contributed by atoms with van der Waals surface area (Å²) in [6.07, 6.45) is -0.620. The Morgan fingerprint density at radius 1 is 0.641 bits per heavy atom. The van der Waals surface area contributed by atoms with Gasteiger partial charge in [-0.2, -0.15) is 0 Å². The van der Waals surface area contributed by atoms with Crippen molar-refractivity contribution in [3.8, 4) is 0 Å². The third kappa shape index (κ3) is 7.79. The topological polar surface area (TPSA) is 105 Å². The fourth-order valence-corrected chi connectivity index (χ4v) is 4.41. The minimum Gasteiger partial charge on any atom is -0.480 e. The van der Waals surface area contributed by atoms with Crippen LogP contribution in [0.15, 0.2) is 121 Å². The first-order chi connectivity index (χ1) is 19.0. The monoisotopic (exact) mass is 522 g/mol. The van der Waals surface area contributed by atoms with E-state index in [2.05, 4.69) is 10.6 Å². The van der Waals surface area contributed by atoms with Crippen molar-refractivity contribution >= 4 is 18.0 Å². The van der Waals surface area contributed by atoms with Gasteiger partial charge in [0.2, 0.25) is 5.91 Å². The van der Waals surface area contributed by atoms with E-state index in [1.54, 1.807) is 0 Å². The molecule has 0 aromatic heterocycles. The molecule has 2 amide bonds. The van der Waals surface area contributed by atoms with Crippen molar-refractivity contribution in [2.24, 2.45) is 0 Å². The standard InChI is InChI=1S/C32H30N2O5/c35-30(34-29(31(36)37)28(25-17-9-3-10-18-25)26-19-11-4-12-20-26)27(21-23-13-5-1-6-14-23)33-32(38)39-22-24-15-7-2-8-16-24/h1-20,27-29H,21-22H2,(H,33,38)(H,34,35)(H,36,37)/t27-,29+/m1/s1. The van der Waals surface area contributed by atoms with Crippen LogP contribution in [0.2, 0.25) is 0 Å². The molecule has 0 spiro atoms. The van der Waals surface area contributed by atoms with Crippen LogP contribution in [-0.4, -0.2) is 35.2 Å². The fourth-order valence-electron chi connectivity index (χ4n) is 4.41. The minimum atomic E-state index is -1.29. The summed E-state index contributed by atoms with van der Waals surface area (Å²) in [6, 6.07) is 34.4. The molecule has 2 atom stereocenters. The Bertz CT molecular complexity index is 1310. The van der Waals surface area contributed by atoms with Crippen LogP contribution in [0.25, 0.3) is 0 Å². The lowest BCUT2D eigenvalue weighted by Gasteiger charge is -2.28. The third-order valence-corrected chi connectivity index (χ3v) is 6.32. The Balaban J connectivity index is 1.57. The lowest BCUT2D eigenvalue weighted by Crippen LogP contribution is -2.54. The van der Waals surface area contributed by atoms with Gasteiger partial charge in [0, 0.05) is 12.3 Å². The number of benzene rings is 4. The number of carboxylic acid groups (broad SMARTS) is 1. The number of hydrogen-bond donors (Lipinski definition) is 3. The van der Waals surface area contributed by atoms with E-state index in [1.807, 2.05) is 121 Å². The van der Waals surface area contributed by atoms with Gasteiger partial charge in [0.1, 0.15) is 18.7 Å². The SMILES string of the molecule is O=C(N[C@H](Cc1ccccc1)C(=O)N[C@H](C(=O)O)C(c1ccccc1)c1ccccc1)OCc1ccccc1. The highest BCUT2D eigenvalue weighted by molar-refractivity contribution is 5.90. The number of hydrogen-bond acceptors (Lipinski definition) is 4. The van der Waals surface area contributed by atoms with Crippen molar-refractivity contribution in [2.45, 2.75) is 31.0 Å². The van der Waals surface area contributed by atoms with E-state index in [1.165, 1.54) is 0 Å². The molecule has 0 saturated heterocycles. The summed E-state index contributed by atoms with van der Waals surface area (Å²) in [4.78, 5) is 38.8. The Hall–Kier alpha value is -4.91. The van der Waals surface area contributed by atoms with Gasteiger partial charge in [0.15, 0.2) is 0 Å². The predicted molar refractivity (Wildman–Crippen MR) is 148 cm³/mol. The Morgan fingerprint density at radius 3 is 1.59 bits per heavy atom. The normalized spacial score (nSPS) is 12.2. The van der Waals surface area contributed by atoms with Crippen LogP contribution in [0, 0.1) is 0 Å². The second-order valence-electron chi connectivity index (χ2n) is 9.07. The molecule has 0 aliphatic carbocycles. The highest BCUT2D eigenvalue weighted by Gasteiger charge is 2.34. The molecule has 0 saturated carbocycles. The van der Waals surface area contributed by atoms with Crippen LogP contribution in [0.4, 0.5) is 4.79 Å². The number of carboxylic acids is 1. The molecular weight excluding hydrogens is 492 g/mol. The summed E-state index contributed by atoms with van der Waals surface area (Å²) in [5.41, 5.74) is 3.09. The second kappa shape index (κ2) is 13.6. The van der Waals surface area contributed by atoms with Gasteiger partial charge in [-0.25, -0.2) is 9.59 Å². The van der Waals surface area contributed by atoms with Crippen molar-refractivity contribution in [1.82, 2.24) is 10.6 Å². The number of nitrogens with one attached hydrogen (secondary N) is 2. The molecule has 4 aromatic rings. The molecule has 0 bridgehead atoms. The van der Waals surface area contributed by atoms with Crippen molar-refractivity contribution in [3.63, 3.8) is 0 Å². The fraction of sp³-hybridized carbons (Fsp3) is 0.156. The number of ether oxygens (including phenoxy) is 1. The molecule has 198 valence electrons. The third-order valence-electron chi connectivity index (χ3n) is 6.32. The first kappa shape index (κ1) is 27.1. The maximum atomic E-state index is 13.6. The van der Waals surface area contributed by atoms with Gasteiger partial charge in [-0.1, -0.05) is 121 Å². The Labute approximate surface area is 227 Å². The summed E-state index contributed by atoms with van der Waals surface area (Å²) in [6.45, 7) is 0.0359. The van der Waals surface area contributed by atoms with Gasteiger partial charge in [0.25, 0.3) is 0 Å². The zero-order valence-corrected chi connectivity index (χ0v) is 21.3. The van der Waals surface area contributed by atoms with E-state index in [4.69, 9.17) is 4.74 Å². The van der Waals surface area contributed by atoms with Crippen LogP contribution >= 0.6 is 0 Å². The predicted octanol–water partition coefficient (Wildman–Crippen LogP) is 4.93. The lowest BCUT2D eigenvalue weighted by molar-refractivity contribution is -0.142. The second-order valence-corrected chi connectivity index (χ2v) is 9.07. The Kier molecular flexibility index (Phi) is 9.45. The van der Waals surface area contributed by atoms with E-state index in [-0.39, 0.29) is 13.0 Å². The van der Waals surface area contributed by atoms with E-state index in [0.717, 1.165) is 22.3 Å². The first-order valence-corrected chi connectivity index (χ1v) is 12.7. The van der Waals surface area contributed by atoms with Gasteiger partial charge in [-0.15, -0.1) is 0 Å². The number of alkyl carbamates (subject to hydrolysis) is 1. The number of amides is 2. The van der Waals surface area contributed by atoms with Gasteiger partial charge >= 0.3 is 12.1 Å². The zero-order valence-electron chi connectivity index (χ0n) is 21.3. The largest absolute Gasteiger partial charge is 0.480 e. The number of carbonyl (C=O) groups is 3. The van der Waals surface area contributed by atoms with Crippen molar-refractivity contribution < 1.29 is 24.2 Å². The van der Waals surface area contributed by atoms with Crippen LogP contribution in [0.3, 0.4) is 0 Å². The molecule has 0 aliphatic heterocycles. The highest BCUT2D eigenvalue weighted by atomic mass is 16.5. The molecule has 0 unspecified atom stereocenters. The van der Waals surface area contributed by atoms with Crippen molar-refractivity contribution in [2.75, 3.05) is 0 Å². The quantitative estimate of drug-likeness (QED) is 0.259. The van der Waals surface area contributed by atoms with Crippen molar-refractivity contribution in [3.05, 3.63) is 144 Å². The summed E-state index contributed by atoms with van der Waals surface area (Å²) in [5, 5.41) is 15.6. The van der Waals surface area contributed by atoms with Gasteiger partial charge in [-0.3, -0.25) is 4.79 Å². The molecule has 39 heavy (non-hydrogen) atoms. The minimum absolute atomic E-state index is 0.0359. The van der Waals surface area contributed by atoms with E-state index in [0.29, 0.717) is 0 Å². The van der Waals surface area contributed by atoms with E-state index >= 15 is 0 Å². The summed E-state index contributed by atoms with van der Waals surface area (Å²) < 4.78 is 5.34. The molecule has 0 heterocycles. The molecule has 4 aromatic carbocycles. The molecular formula is C32H30N2O5. The van der Waals surface area contributed by atoms with Crippen LogP contribution in [0.1, 0.15) is 28.2 Å². The van der Waals surface area contributed by atoms with Gasteiger partial charge in [-0.05, 0) is 22.3 Å². The summed E-state index contributed by atoms with van der Waals surface area (Å²) in [7, 11) is 0. The number of carbonyl (C=O) groups excluding carboxylic acids is 2. The maximum absolute atomic E-state index is 13.6. The molecule has 7 heteroatoms. The van der Waals surface area contributed by atoms with E-state index in [9.17, 15) is 19.5 Å². The van der Waals surface area contributed by atoms with Gasteiger partial charge < -0.3 is 20.5 Å². The lowest BCUT2D eigenvalue weighted by atomic mass is 9.84. The van der Waals surface area contributed by atoms with Crippen LogP contribution in [-0.2, 0) is 27.4 Å². The van der Waals surface area contributed by atoms with E-state index < -0.39 is 36.0 Å². The molecule has 0 radical (unpaired) electrons. The van der Waals surface area contributed by atoms with Crippen molar-refractivity contribution in [1.29, 1.82) is 0 Å². The molecule has 4 rings (SSSR count). The highest BCUT2D eigenvalue weighted by Crippen LogP contribution is 2.28. The van der Waals surface area contributed by atoms with Crippen LogP contribution < -0.4 is 10.6 Å². The Morgan fingerprint density at radius 2 is 1.10 bits per heavy atom. The summed E-state index contributed by atoms with van der Waals surface area (Å²) >= 11 is 0. The molecule has 0 aliphatic rings. The van der Waals surface area contributed by atoms with Crippen LogP contribution in [0.5, 0.6) is 0 Å². The molecule has 0 fully saturated rings. The first-order valence-electron chi connectivity index (χ1n) is 12.7. The number of rotatable bonds is 11. The summed E-state index contributed by atoms with van der Waals surface area (Å²) in [5.74, 6) is -2.47. The number of aliphatic carboxylic acids is 1. The van der Waals surface area contributed by atoms with Gasteiger partial charge in [0.05, 0.1) is 0 Å². The molecule has 3 N–H and O–H groups in total. The zero-order chi connectivity index (χ0) is 27.5. The average Bonchev–Trinajstić information content (AvgIpc) is 2.97. The smallest absolute Gasteiger partial charge is 0.408 e. The maximum Gasteiger partial charge on any atom is 0.408 e. The average molecular weight is 523 g/mol.